The zero-order valence-electron chi connectivity index (χ0n) is 12.7. The number of fused-ring (bicyclic) bond motifs is 1. The van der Waals surface area contributed by atoms with Gasteiger partial charge >= 0.3 is 0 Å². The van der Waals surface area contributed by atoms with Gasteiger partial charge in [-0.25, -0.2) is 14.6 Å². The van der Waals surface area contributed by atoms with Crippen LogP contribution in [0.3, 0.4) is 0 Å². The number of hydrogen-bond acceptors (Lipinski definition) is 5. The first-order chi connectivity index (χ1) is 11.3. The van der Waals surface area contributed by atoms with Gasteiger partial charge in [-0.3, -0.25) is 4.57 Å². The summed E-state index contributed by atoms with van der Waals surface area (Å²) in [5, 5.41) is 8.21. The van der Waals surface area contributed by atoms with Gasteiger partial charge in [-0.15, -0.1) is 5.10 Å². The Hall–Kier alpha value is -3.22. The summed E-state index contributed by atoms with van der Waals surface area (Å²) in [5.74, 6) is 1.37. The molecular weight excluding hydrogens is 292 g/mol. The predicted octanol–water partition coefficient (Wildman–Crippen LogP) is 2.22. The molecule has 23 heavy (non-hydrogen) atoms. The van der Waals surface area contributed by atoms with E-state index in [2.05, 4.69) is 20.3 Å². The van der Waals surface area contributed by atoms with Crippen molar-refractivity contribution in [3.05, 3.63) is 48.9 Å². The predicted molar refractivity (Wildman–Crippen MR) is 85.4 cm³/mol. The fraction of sp³-hybridized carbons (Fsp3) is 0.125. The molecule has 0 aliphatic carbocycles. The van der Waals surface area contributed by atoms with Crippen molar-refractivity contribution in [3.8, 4) is 23.0 Å². The topological polar surface area (TPSA) is 70.7 Å². The minimum Gasteiger partial charge on any atom is -0.481 e. The fourth-order valence-corrected chi connectivity index (χ4v) is 2.56. The Balaban J connectivity index is 1.84. The van der Waals surface area contributed by atoms with Crippen molar-refractivity contribution >= 4 is 11.0 Å². The molecular formula is C16H14N6O. The van der Waals surface area contributed by atoms with Crippen LogP contribution in [0.25, 0.3) is 28.1 Å². The molecule has 1 aromatic carbocycles. The molecule has 0 saturated carbocycles. The van der Waals surface area contributed by atoms with Crippen molar-refractivity contribution in [2.45, 2.75) is 0 Å². The second-order valence-corrected chi connectivity index (χ2v) is 5.09. The highest BCUT2D eigenvalue weighted by Crippen LogP contribution is 2.25. The number of rotatable bonds is 3. The molecule has 0 aliphatic heterocycles. The van der Waals surface area contributed by atoms with E-state index in [1.807, 2.05) is 48.1 Å². The van der Waals surface area contributed by atoms with E-state index < -0.39 is 0 Å². The summed E-state index contributed by atoms with van der Waals surface area (Å²) in [6.07, 6.45) is 5.39. The van der Waals surface area contributed by atoms with Crippen LogP contribution in [0.2, 0.25) is 0 Å². The quantitative estimate of drug-likeness (QED) is 0.580. The number of benzene rings is 1. The van der Waals surface area contributed by atoms with Crippen LogP contribution in [0.1, 0.15) is 0 Å². The smallest absolute Gasteiger partial charge is 0.213 e. The highest BCUT2D eigenvalue weighted by molar-refractivity contribution is 5.77. The summed E-state index contributed by atoms with van der Waals surface area (Å²) in [7, 11) is 3.47. The van der Waals surface area contributed by atoms with Gasteiger partial charge in [0.1, 0.15) is 11.3 Å². The van der Waals surface area contributed by atoms with Crippen molar-refractivity contribution in [1.82, 2.24) is 29.5 Å². The summed E-state index contributed by atoms with van der Waals surface area (Å²) in [4.78, 5) is 8.60. The van der Waals surface area contributed by atoms with Crippen LogP contribution in [0.15, 0.2) is 48.9 Å². The lowest BCUT2D eigenvalue weighted by Crippen LogP contribution is -1.97. The third-order valence-corrected chi connectivity index (χ3v) is 3.72. The van der Waals surface area contributed by atoms with Gasteiger partial charge in [0.05, 0.1) is 12.6 Å². The summed E-state index contributed by atoms with van der Waals surface area (Å²) in [6.45, 7) is 0. The Kier molecular flexibility index (Phi) is 3.04. The lowest BCUT2D eigenvalue weighted by atomic mass is 10.2. The summed E-state index contributed by atoms with van der Waals surface area (Å²) in [6, 6.07) is 9.78. The van der Waals surface area contributed by atoms with E-state index in [0.29, 0.717) is 5.88 Å². The number of ether oxygens (including phenoxy) is 1. The molecule has 0 aliphatic rings. The maximum absolute atomic E-state index is 5.19. The Morgan fingerprint density at radius 2 is 1.96 bits per heavy atom. The van der Waals surface area contributed by atoms with Gasteiger partial charge in [-0.05, 0) is 24.3 Å². The average molecular weight is 306 g/mol. The van der Waals surface area contributed by atoms with Crippen molar-refractivity contribution in [2.24, 2.45) is 7.05 Å². The summed E-state index contributed by atoms with van der Waals surface area (Å²) < 4.78 is 8.94. The van der Waals surface area contributed by atoms with Crippen LogP contribution < -0.4 is 4.74 Å². The van der Waals surface area contributed by atoms with E-state index in [0.717, 1.165) is 28.1 Å². The minimum absolute atomic E-state index is 0.557. The second-order valence-electron chi connectivity index (χ2n) is 5.09. The number of aryl methyl sites for hydroxylation is 1. The summed E-state index contributed by atoms with van der Waals surface area (Å²) in [5.41, 5.74) is 3.74. The Morgan fingerprint density at radius 1 is 1.04 bits per heavy atom. The van der Waals surface area contributed by atoms with Crippen molar-refractivity contribution < 1.29 is 4.74 Å². The molecule has 0 N–H and O–H groups in total. The maximum Gasteiger partial charge on any atom is 0.213 e. The van der Waals surface area contributed by atoms with Crippen molar-refractivity contribution in [1.29, 1.82) is 0 Å². The molecule has 4 aromatic rings. The number of hydrogen-bond donors (Lipinski definition) is 0. The molecule has 0 amide bonds. The first-order valence-electron chi connectivity index (χ1n) is 7.10. The third kappa shape index (κ3) is 2.22. The van der Waals surface area contributed by atoms with Crippen LogP contribution in [-0.4, -0.2) is 36.6 Å². The molecule has 0 bridgehead atoms. The van der Waals surface area contributed by atoms with Crippen LogP contribution >= 0.6 is 0 Å². The second kappa shape index (κ2) is 5.20. The first kappa shape index (κ1) is 13.4. The van der Waals surface area contributed by atoms with Crippen LogP contribution in [0.5, 0.6) is 5.88 Å². The van der Waals surface area contributed by atoms with Gasteiger partial charge in [0.15, 0.2) is 0 Å². The number of imidazole rings is 1. The number of aromatic nitrogens is 6. The molecule has 0 spiro atoms. The molecule has 3 heterocycles. The number of pyridine rings is 1. The van der Waals surface area contributed by atoms with Gasteiger partial charge in [-0.2, -0.15) is 0 Å². The molecule has 0 unspecified atom stereocenters. The molecule has 0 fully saturated rings. The molecule has 7 nitrogen and oxygen atoms in total. The Labute approximate surface area is 132 Å². The van der Waals surface area contributed by atoms with E-state index in [1.165, 1.54) is 0 Å². The molecule has 0 atom stereocenters. The lowest BCUT2D eigenvalue weighted by Gasteiger charge is -2.08. The number of methoxy groups -OCH3 is 1. The zero-order chi connectivity index (χ0) is 15.8. The lowest BCUT2D eigenvalue weighted by molar-refractivity contribution is 0.398. The molecule has 0 radical (unpaired) electrons. The number of nitrogens with zero attached hydrogens (tertiary/aromatic N) is 6. The minimum atomic E-state index is 0.557. The highest BCUT2D eigenvalue weighted by Gasteiger charge is 2.11. The van der Waals surface area contributed by atoms with Gasteiger partial charge in [0, 0.05) is 43.0 Å². The van der Waals surface area contributed by atoms with Crippen LogP contribution in [0.4, 0.5) is 0 Å². The van der Waals surface area contributed by atoms with E-state index >= 15 is 0 Å². The molecule has 114 valence electrons. The summed E-state index contributed by atoms with van der Waals surface area (Å²) >= 11 is 0. The van der Waals surface area contributed by atoms with Gasteiger partial charge in [0.25, 0.3) is 0 Å². The zero-order valence-corrected chi connectivity index (χ0v) is 12.7. The maximum atomic E-state index is 5.19. The average Bonchev–Trinajstić information content (AvgIpc) is 3.22. The fourth-order valence-electron chi connectivity index (χ4n) is 2.56. The van der Waals surface area contributed by atoms with Crippen LogP contribution in [-0.2, 0) is 7.05 Å². The molecule has 0 saturated heterocycles. The Bertz CT molecular complexity index is 987. The standard InChI is InChI=1S/C16H14N6O/c1-21-14-4-3-12(10-13(14)19-20-21)22-8-7-18-16(22)11-5-6-17-15(9-11)23-2/h3-10H,1-2H3. The van der Waals surface area contributed by atoms with Crippen LogP contribution in [0, 0.1) is 0 Å². The van der Waals surface area contributed by atoms with Crippen molar-refractivity contribution in [2.75, 3.05) is 7.11 Å². The Morgan fingerprint density at radius 3 is 2.83 bits per heavy atom. The SMILES string of the molecule is COc1cc(-c2nccn2-c2ccc3c(c2)nnn3C)ccn1. The van der Waals surface area contributed by atoms with Gasteiger partial charge in [0.2, 0.25) is 5.88 Å². The van der Waals surface area contributed by atoms with Crippen molar-refractivity contribution in [3.63, 3.8) is 0 Å². The normalized spacial score (nSPS) is 11.0. The van der Waals surface area contributed by atoms with E-state index in [4.69, 9.17) is 4.74 Å². The monoisotopic (exact) mass is 306 g/mol. The largest absolute Gasteiger partial charge is 0.481 e. The molecule has 3 aromatic heterocycles. The highest BCUT2D eigenvalue weighted by atomic mass is 16.5. The van der Waals surface area contributed by atoms with Gasteiger partial charge in [-0.1, -0.05) is 5.21 Å². The molecule has 4 rings (SSSR count). The van der Waals surface area contributed by atoms with E-state index in [-0.39, 0.29) is 0 Å². The molecule has 7 heteroatoms. The van der Waals surface area contributed by atoms with E-state index in [9.17, 15) is 0 Å². The first-order valence-corrected chi connectivity index (χ1v) is 7.10. The van der Waals surface area contributed by atoms with Gasteiger partial charge < -0.3 is 4.74 Å². The third-order valence-electron chi connectivity index (χ3n) is 3.72. The van der Waals surface area contributed by atoms with E-state index in [1.54, 1.807) is 24.2 Å².